The Labute approximate surface area is 97.9 Å². The van der Waals surface area contributed by atoms with E-state index < -0.39 is 12.8 Å². The lowest BCUT2D eigenvalue weighted by atomic mass is 10.4. The molecule has 0 unspecified atom stereocenters. The lowest BCUT2D eigenvalue weighted by Gasteiger charge is -2.08. The maximum absolute atomic E-state index is 11.7. The van der Waals surface area contributed by atoms with Crippen LogP contribution in [0.2, 0.25) is 0 Å². The van der Waals surface area contributed by atoms with Gasteiger partial charge in [0.25, 0.3) is 0 Å². The number of rotatable bonds is 8. The molecule has 0 bridgehead atoms. The Morgan fingerprint density at radius 3 is 2.59 bits per heavy atom. The van der Waals surface area contributed by atoms with Crippen LogP contribution >= 0.6 is 0 Å². The van der Waals surface area contributed by atoms with Crippen LogP contribution in [0, 0.1) is 0 Å². The van der Waals surface area contributed by atoms with Crippen molar-refractivity contribution in [3.8, 4) is 0 Å². The fourth-order valence-corrected chi connectivity index (χ4v) is 1.22. The summed E-state index contributed by atoms with van der Waals surface area (Å²) in [5.41, 5.74) is 0. The second-order valence-corrected chi connectivity index (χ2v) is 4.00. The SMILES string of the molecule is O=C(CCNC1CC1)NCCOCC(F)(F)F. The highest BCUT2D eigenvalue weighted by Crippen LogP contribution is 2.18. The number of hydrogen-bond donors (Lipinski definition) is 2. The van der Waals surface area contributed by atoms with E-state index in [2.05, 4.69) is 15.4 Å². The van der Waals surface area contributed by atoms with E-state index in [1.54, 1.807) is 0 Å². The molecule has 4 nitrogen and oxygen atoms in total. The van der Waals surface area contributed by atoms with Crippen LogP contribution in [0.15, 0.2) is 0 Å². The molecule has 0 aromatic rings. The van der Waals surface area contributed by atoms with E-state index >= 15 is 0 Å². The first-order valence-electron chi connectivity index (χ1n) is 5.62. The molecule has 0 radical (unpaired) electrons. The second kappa shape index (κ2) is 6.80. The van der Waals surface area contributed by atoms with Gasteiger partial charge in [-0.15, -0.1) is 0 Å². The Bertz CT molecular complexity index is 242. The minimum absolute atomic E-state index is 0.109. The zero-order valence-electron chi connectivity index (χ0n) is 9.48. The van der Waals surface area contributed by atoms with Gasteiger partial charge in [-0.25, -0.2) is 0 Å². The number of nitrogens with one attached hydrogen (secondary N) is 2. The van der Waals surface area contributed by atoms with Gasteiger partial charge in [0.1, 0.15) is 6.61 Å². The van der Waals surface area contributed by atoms with Crippen molar-refractivity contribution in [3.05, 3.63) is 0 Å². The van der Waals surface area contributed by atoms with Crippen LogP contribution in [-0.2, 0) is 9.53 Å². The van der Waals surface area contributed by atoms with Crippen LogP contribution < -0.4 is 10.6 Å². The van der Waals surface area contributed by atoms with Gasteiger partial charge >= 0.3 is 6.18 Å². The second-order valence-electron chi connectivity index (χ2n) is 4.00. The topological polar surface area (TPSA) is 50.4 Å². The molecule has 1 amide bonds. The van der Waals surface area contributed by atoms with Gasteiger partial charge in [0.15, 0.2) is 0 Å². The van der Waals surface area contributed by atoms with E-state index in [-0.39, 0.29) is 19.1 Å². The number of carbonyl (C=O) groups is 1. The van der Waals surface area contributed by atoms with Crippen molar-refractivity contribution >= 4 is 5.91 Å². The molecular formula is C10H17F3N2O2. The minimum Gasteiger partial charge on any atom is -0.370 e. The fourth-order valence-electron chi connectivity index (χ4n) is 1.22. The number of hydrogen-bond acceptors (Lipinski definition) is 3. The predicted molar refractivity (Wildman–Crippen MR) is 55.5 cm³/mol. The summed E-state index contributed by atoms with van der Waals surface area (Å²) in [6, 6.07) is 0.554. The van der Waals surface area contributed by atoms with E-state index in [0.29, 0.717) is 19.0 Å². The van der Waals surface area contributed by atoms with Crippen molar-refractivity contribution in [2.45, 2.75) is 31.5 Å². The summed E-state index contributed by atoms with van der Waals surface area (Å²) < 4.78 is 39.4. The van der Waals surface area contributed by atoms with Crippen LogP contribution in [0.4, 0.5) is 13.2 Å². The Morgan fingerprint density at radius 1 is 1.29 bits per heavy atom. The first kappa shape index (κ1) is 14.2. The Kier molecular flexibility index (Phi) is 5.70. The molecular weight excluding hydrogens is 237 g/mol. The molecule has 0 spiro atoms. The van der Waals surface area contributed by atoms with Gasteiger partial charge in [-0.3, -0.25) is 4.79 Å². The van der Waals surface area contributed by atoms with Crippen molar-refractivity contribution in [2.75, 3.05) is 26.3 Å². The third kappa shape index (κ3) is 8.93. The van der Waals surface area contributed by atoms with Gasteiger partial charge in [0.2, 0.25) is 5.91 Å². The molecule has 0 heterocycles. The van der Waals surface area contributed by atoms with E-state index in [4.69, 9.17) is 0 Å². The van der Waals surface area contributed by atoms with Crippen LogP contribution in [0.5, 0.6) is 0 Å². The van der Waals surface area contributed by atoms with Crippen molar-refractivity contribution in [3.63, 3.8) is 0 Å². The largest absolute Gasteiger partial charge is 0.411 e. The first-order valence-corrected chi connectivity index (χ1v) is 5.62. The molecule has 0 aromatic heterocycles. The molecule has 0 aliphatic heterocycles. The minimum atomic E-state index is -4.31. The summed E-state index contributed by atoms with van der Waals surface area (Å²) in [4.78, 5) is 11.2. The first-order chi connectivity index (χ1) is 7.97. The third-order valence-corrected chi connectivity index (χ3v) is 2.20. The van der Waals surface area contributed by atoms with Gasteiger partial charge in [-0.05, 0) is 12.8 Å². The molecule has 1 saturated carbocycles. The van der Waals surface area contributed by atoms with Crippen LogP contribution in [0.25, 0.3) is 0 Å². The molecule has 7 heteroatoms. The lowest BCUT2D eigenvalue weighted by molar-refractivity contribution is -0.173. The molecule has 2 N–H and O–H groups in total. The summed E-state index contributed by atoms with van der Waals surface area (Å²) >= 11 is 0. The fraction of sp³-hybridized carbons (Fsp3) is 0.900. The molecule has 1 aliphatic carbocycles. The van der Waals surface area contributed by atoms with Gasteiger partial charge in [0, 0.05) is 25.6 Å². The summed E-state index contributed by atoms with van der Waals surface area (Å²) in [7, 11) is 0. The molecule has 0 aromatic carbocycles. The maximum atomic E-state index is 11.7. The summed E-state index contributed by atoms with van der Waals surface area (Å²) in [5.74, 6) is -0.172. The monoisotopic (exact) mass is 254 g/mol. The number of ether oxygens (including phenoxy) is 1. The van der Waals surface area contributed by atoms with Crippen molar-refractivity contribution in [1.29, 1.82) is 0 Å². The molecule has 1 rings (SSSR count). The van der Waals surface area contributed by atoms with Crippen molar-refractivity contribution in [1.82, 2.24) is 10.6 Å². The van der Waals surface area contributed by atoms with E-state index in [1.807, 2.05) is 0 Å². The standard InChI is InChI=1S/C10H17F3N2O2/c11-10(12,13)7-17-6-5-15-9(16)3-4-14-8-1-2-8/h8,14H,1-7H2,(H,15,16). The highest BCUT2D eigenvalue weighted by Gasteiger charge is 2.27. The zero-order chi connectivity index (χ0) is 12.7. The van der Waals surface area contributed by atoms with E-state index in [1.165, 1.54) is 0 Å². The van der Waals surface area contributed by atoms with E-state index in [9.17, 15) is 18.0 Å². The summed E-state index contributed by atoms with van der Waals surface area (Å²) in [5, 5.41) is 5.66. The zero-order valence-corrected chi connectivity index (χ0v) is 9.48. The highest BCUT2D eigenvalue weighted by atomic mass is 19.4. The maximum Gasteiger partial charge on any atom is 0.411 e. The van der Waals surface area contributed by atoms with Gasteiger partial charge < -0.3 is 15.4 Å². The van der Waals surface area contributed by atoms with E-state index in [0.717, 1.165) is 12.8 Å². The van der Waals surface area contributed by atoms with Crippen LogP contribution in [-0.4, -0.2) is 44.4 Å². The molecule has 1 aliphatic rings. The molecule has 0 atom stereocenters. The molecule has 17 heavy (non-hydrogen) atoms. The smallest absolute Gasteiger partial charge is 0.370 e. The van der Waals surface area contributed by atoms with Crippen LogP contribution in [0.1, 0.15) is 19.3 Å². The summed E-state index contributed by atoms with van der Waals surface area (Å²) in [6.07, 6.45) is -1.65. The Balaban J connectivity index is 1.85. The number of alkyl halides is 3. The normalized spacial score (nSPS) is 15.9. The third-order valence-electron chi connectivity index (χ3n) is 2.20. The Morgan fingerprint density at radius 2 is 2.00 bits per heavy atom. The average Bonchev–Trinajstić information content (AvgIpc) is 2.99. The number of carbonyl (C=O) groups excluding carboxylic acids is 1. The van der Waals surface area contributed by atoms with Crippen molar-refractivity contribution < 1.29 is 22.7 Å². The molecule has 100 valence electrons. The quantitative estimate of drug-likeness (QED) is 0.631. The van der Waals surface area contributed by atoms with Gasteiger partial charge in [-0.1, -0.05) is 0 Å². The number of halogens is 3. The highest BCUT2D eigenvalue weighted by molar-refractivity contribution is 5.76. The predicted octanol–water partition coefficient (Wildman–Crippen LogP) is 0.824. The molecule has 0 saturated heterocycles. The average molecular weight is 254 g/mol. The van der Waals surface area contributed by atoms with Gasteiger partial charge in [-0.2, -0.15) is 13.2 Å². The summed E-state index contributed by atoms with van der Waals surface area (Å²) in [6.45, 7) is -0.675. The van der Waals surface area contributed by atoms with Gasteiger partial charge in [0.05, 0.1) is 6.61 Å². The lowest BCUT2D eigenvalue weighted by Crippen LogP contribution is -2.31. The molecule has 1 fully saturated rings. The Hall–Kier alpha value is -0.820. The van der Waals surface area contributed by atoms with Crippen LogP contribution in [0.3, 0.4) is 0 Å². The van der Waals surface area contributed by atoms with Crippen molar-refractivity contribution in [2.24, 2.45) is 0 Å². The number of amides is 1.